The van der Waals surface area contributed by atoms with Crippen LogP contribution < -0.4 is 16.0 Å². The summed E-state index contributed by atoms with van der Waals surface area (Å²) in [6, 6.07) is 10.1. The SMILES string of the molecule is COc1ccc(C(NN)c2cc(C)c(Br)s2)cc1. The van der Waals surface area contributed by atoms with Gasteiger partial charge in [0.05, 0.1) is 16.9 Å². The Morgan fingerprint density at radius 3 is 2.44 bits per heavy atom. The second-order valence-corrected chi connectivity index (χ2v) is 6.38. The van der Waals surface area contributed by atoms with E-state index in [-0.39, 0.29) is 6.04 Å². The fourth-order valence-electron chi connectivity index (χ4n) is 1.76. The number of hydrogen-bond donors (Lipinski definition) is 2. The number of methoxy groups -OCH3 is 1. The molecule has 0 aliphatic heterocycles. The minimum Gasteiger partial charge on any atom is -0.497 e. The maximum Gasteiger partial charge on any atom is 0.118 e. The van der Waals surface area contributed by atoms with Gasteiger partial charge in [0.25, 0.3) is 0 Å². The first kappa shape index (κ1) is 13.5. The smallest absolute Gasteiger partial charge is 0.118 e. The Labute approximate surface area is 119 Å². The van der Waals surface area contributed by atoms with E-state index < -0.39 is 0 Å². The Balaban J connectivity index is 2.32. The summed E-state index contributed by atoms with van der Waals surface area (Å²) >= 11 is 5.23. The average Bonchev–Trinajstić information content (AvgIpc) is 2.71. The molecule has 0 saturated heterocycles. The molecule has 5 heteroatoms. The summed E-state index contributed by atoms with van der Waals surface area (Å²) in [5.74, 6) is 6.52. The fraction of sp³-hybridized carbons (Fsp3) is 0.231. The molecule has 0 spiro atoms. The van der Waals surface area contributed by atoms with Gasteiger partial charge in [0, 0.05) is 4.88 Å². The van der Waals surface area contributed by atoms with Gasteiger partial charge in [-0.05, 0) is 52.2 Å². The van der Waals surface area contributed by atoms with E-state index in [1.54, 1.807) is 18.4 Å². The predicted octanol–water partition coefficient (Wildman–Crippen LogP) is 3.38. The molecule has 0 aliphatic carbocycles. The summed E-state index contributed by atoms with van der Waals surface area (Å²) in [5, 5.41) is 0. The number of halogens is 1. The third-order valence-electron chi connectivity index (χ3n) is 2.78. The van der Waals surface area contributed by atoms with Crippen LogP contribution in [0, 0.1) is 6.92 Å². The van der Waals surface area contributed by atoms with Crippen molar-refractivity contribution in [1.29, 1.82) is 0 Å². The Bertz CT molecular complexity index is 505. The normalized spacial score (nSPS) is 12.4. The van der Waals surface area contributed by atoms with E-state index in [2.05, 4.69) is 34.3 Å². The van der Waals surface area contributed by atoms with Crippen molar-refractivity contribution >= 4 is 27.3 Å². The number of nitrogens with one attached hydrogen (secondary N) is 1. The molecule has 1 unspecified atom stereocenters. The van der Waals surface area contributed by atoms with Gasteiger partial charge in [-0.2, -0.15) is 0 Å². The van der Waals surface area contributed by atoms with Crippen LogP contribution in [0.15, 0.2) is 34.1 Å². The molecule has 0 amide bonds. The van der Waals surface area contributed by atoms with Gasteiger partial charge in [0.15, 0.2) is 0 Å². The van der Waals surface area contributed by atoms with Crippen molar-refractivity contribution in [3.05, 3.63) is 50.1 Å². The molecule has 0 bridgehead atoms. The topological polar surface area (TPSA) is 47.3 Å². The first-order valence-corrected chi connectivity index (χ1v) is 7.12. The van der Waals surface area contributed by atoms with Gasteiger partial charge in [-0.25, -0.2) is 5.43 Å². The average molecular weight is 327 g/mol. The molecular weight excluding hydrogens is 312 g/mol. The third kappa shape index (κ3) is 2.75. The maximum atomic E-state index is 5.68. The van der Waals surface area contributed by atoms with Crippen LogP contribution in [0.25, 0.3) is 0 Å². The van der Waals surface area contributed by atoms with Crippen LogP contribution in [0.3, 0.4) is 0 Å². The van der Waals surface area contributed by atoms with Gasteiger partial charge < -0.3 is 4.74 Å². The van der Waals surface area contributed by atoms with Crippen molar-refractivity contribution in [3.63, 3.8) is 0 Å². The Kier molecular flexibility index (Phi) is 4.40. The van der Waals surface area contributed by atoms with Crippen LogP contribution in [0.2, 0.25) is 0 Å². The second kappa shape index (κ2) is 5.84. The van der Waals surface area contributed by atoms with Crippen LogP contribution >= 0.6 is 27.3 Å². The zero-order chi connectivity index (χ0) is 13.1. The minimum atomic E-state index is 0.00547. The van der Waals surface area contributed by atoms with Crippen LogP contribution in [0.1, 0.15) is 22.0 Å². The van der Waals surface area contributed by atoms with Gasteiger partial charge in [-0.15, -0.1) is 11.3 Å². The molecule has 1 aromatic carbocycles. The Morgan fingerprint density at radius 1 is 1.33 bits per heavy atom. The lowest BCUT2D eigenvalue weighted by Gasteiger charge is -2.15. The molecule has 18 heavy (non-hydrogen) atoms. The number of rotatable bonds is 4. The lowest BCUT2D eigenvalue weighted by atomic mass is 10.1. The highest BCUT2D eigenvalue weighted by atomic mass is 79.9. The third-order valence-corrected chi connectivity index (χ3v) is 4.98. The second-order valence-electron chi connectivity index (χ2n) is 3.98. The summed E-state index contributed by atoms with van der Waals surface area (Å²) in [4.78, 5) is 1.19. The minimum absolute atomic E-state index is 0.00547. The predicted molar refractivity (Wildman–Crippen MR) is 78.9 cm³/mol. The van der Waals surface area contributed by atoms with E-state index in [1.165, 1.54) is 10.4 Å². The quantitative estimate of drug-likeness (QED) is 0.668. The Morgan fingerprint density at radius 2 is 2.00 bits per heavy atom. The van der Waals surface area contributed by atoms with E-state index in [0.717, 1.165) is 15.1 Å². The van der Waals surface area contributed by atoms with Crippen molar-refractivity contribution in [1.82, 2.24) is 5.43 Å². The van der Waals surface area contributed by atoms with Crippen LogP contribution in [0.4, 0.5) is 0 Å². The molecule has 2 aromatic rings. The maximum absolute atomic E-state index is 5.68. The van der Waals surface area contributed by atoms with Crippen LogP contribution in [-0.2, 0) is 0 Å². The fourth-order valence-corrected chi connectivity index (χ4v) is 3.42. The lowest BCUT2D eigenvalue weighted by Crippen LogP contribution is -2.28. The highest BCUT2D eigenvalue weighted by molar-refractivity contribution is 9.11. The number of benzene rings is 1. The summed E-state index contributed by atoms with van der Waals surface area (Å²) in [6.07, 6.45) is 0. The largest absolute Gasteiger partial charge is 0.497 e. The number of thiophene rings is 1. The van der Waals surface area contributed by atoms with Gasteiger partial charge in [0.2, 0.25) is 0 Å². The van der Waals surface area contributed by atoms with Crippen LogP contribution in [0.5, 0.6) is 5.75 Å². The highest BCUT2D eigenvalue weighted by Gasteiger charge is 2.16. The number of ether oxygens (including phenoxy) is 1. The summed E-state index contributed by atoms with van der Waals surface area (Å²) in [7, 11) is 1.66. The van der Waals surface area contributed by atoms with Gasteiger partial charge >= 0.3 is 0 Å². The molecule has 3 nitrogen and oxygen atoms in total. The van der Waals surface area contributed by atoms with Gasteiger partial charge in [0.1, 0.15) is 5.75 Å². The number of hydrazine groups is 1. The molecule has 2 rings (SSSR count). The van der Waals surface area contributed by atoms with Crippen molar-refractivity contribution in [3.8, 4) is 5.75 Å². The molecule has 0 saturated carbocycles. The first-order valence-electron chi connectivity index (χ1n) is 5.51. The molecule has 0 fully saturated rings. The van der Waals surface area contributed by atoms with Crippen LogP contribution in [-0.4, -0.2) is 7.11 Å². The van der Waals surface area contributed by atoms with Crippen molar-refractivity contribution in [2.24, 2.45) is 5.84 Å². The summed E-state index contributed by atoms with van der Waals surface area (Å²) < 4.78 is 6.30. The first-order chi connectivity index (χ1) is 8.65. The molecule has 0 aliphatic rings. The molecule has 3 N–H and O–H groups in total. The molecule has 0 radical (unpaired) electrons. The lowest BCUT2D eigenvalue weighted by molar-refractivity contribution is 0.414. The summed E-state index contributed by atoms with van der Waals surface area (Å²) in [6.45, 7) is 2.08. The summed E-state index contributed by atoms with van der Waals surface area (Å²) in [5.41, 5.74) is 5.20. The van der Waals surface area contributed by atoms with E-state index in [9.17, 15) is 0 Å². The zero-order valence-electron chi connectivity index (χ0n) is 10.2. The van der Waals surface area contributed by atoms with Crippen molar-refractivity contribution in [2.45, 2.75) is 13.0 Å². The van der Waals surface area contributed by atoms with E-state index in [0.29, 0.717) is 0 Å². The van der Waals surface area contributed by atoms with Crippen molar-refractivity contribution in [2.75, 3.05) is 7.11 Å². The molecule has 1 heterocycles. The number of aryl methyl sites for hydroxylation is 1. The number of nitrogens with two attached hydrogens (primary N) is 1. The van der Waals surface area contributed by atoms with Crippen molar-refractivity contribution < 1.29 is 4.74 Å². The molecule has 1 aromatic heterocycles. The standard InChI is InChI=1S/C13H15BrN2OS/c1-8-7-11(18-13(8)14)12(16-15)9-3-5-10(17-2)6-4-9/h3-7,12,16H,15H2,1-2H3. The van der Waals surface area contributed by atoms with E-state index in [1.807, 2.05) is 24.3 Å². The monoisotopic (exact) mass is 326 g/mol. The van der Waals surface area contributed by atoms with Gasteiger partial charge in [-0.3, -0.25) is 5.84 Å². The zero-order valence-corrected chi connectivity index (χ0v) is 12.6. The highest BCUT2D eigenvalue weighted by Crippen LogP contribution is 2.34. The van der Waals surface area contributed by atoms with Gasteiger partial charge in [-0.1, -0.05) is 12.1 Å². The molecule has 96 valence electrons. The van der Waals surface area contributed by atoms with E-state index >= 15 is 0 Å². The molecular formula is C13H15BrN2OS. The van der Waals surface area contributed by atoms with E-state index in [4.69, 9.17) is 10.6 Å². The molecule has 1 atom stereocenters. The number of hydrogen-bond acceptors (Lipinski definition) is 4. The Hall–Kier alpha value is -0.880.